The Labute approximate surface area is 159 Å². The van der Waals surface area contributed by atoms with Gasteiger partial charge in [-0.1, -0.05) is 11.6 Å². The van der Waals surface area contributed by atoms with Gasteiger partial charge < -0.3 is 14.4 Å². The standard InChI is InChI=1S/C18H18ClF3N2O3/c1-4-24(10-11-7-12(26-2)9-13(8-11)27-3)17(25)15-14(18(20,21)22)5-6-23-16(15)19/h5-9H,4,10H2,1-3H3. The van der Waals surface area contributed by atoms with Crippen LogP contribution in [-0.2, 0) is 12.7 Å². The van der Waals surface area contributed by atoms with Crippen molar-refractivity contribution in [3.05, 3.63) is 52.3 Å². The summed E-state index contributed by atoms with van der Waals surface area (Å²) < 4.78 is 50.2. The highest BCUT2D eigenvalue weighted by molar-refractivity contribution is 6.32. The number of pyridine rings is 1. The molecule has 1 amide bonds. The second-order valence-corrected chi connectivity index (χ2v) is 5.92. The number of methoxy groups -OCH3 is 2. The number of carbonyl (C=O) groups excluding carboxylic acids is 1. The third kappa shape index (κ3) is 4.82. The van der Waals surface area contributed by atoms with E-state index in [1.807, 2.05) is 0 Å². The highest BCUT2D eigenvalue weighted by atomic mass is 35.5. The normalized spacial score (nSPS) is 11.2. The summed E-state index contributed by atoms with van der Waals surface area (Å²) in [5, 5.41) is -0.489. The van der Waals surface area contributed by atoms with Gasteiger partial charge in [-0.25, -0.2) is 4.98 Å². The highest BCUT2D eigenvalue weighted by Crippen LogP contribution is 2.35. The Morgan fingerprint density at radius 3 is 2.26 bits per heavy atom. The van der Waals surface area contributed by atoms with Crippen molar-refractivity contribution in [3.63, 3.8) is 0 Å². The monoisotopic (exact) mass is 402 g/mol. The number of nitrogens with zero attached hydrogens (tertiary/aromatic N) is 2. The maximum absolute atomic E-state index is 13.3. The van der Waals surface area contributed by atoms with Crippen molar-refractivity contribution in [2.24, 2.45) is 0 Å². The van der Waals surface area contributed by atoms with E-state index in [2.05, 4.69) is 4.98 Å². The number of aromatic nitrogens is 1. The molecule has 0 saturated heterocycles. The number of alkyl halides is 3. The molecule has 0 atom stereocenters. The molecule has 1 aromatic carbocycles. The average molecular weight is 403 g/mol. The second kappa shape index (κ2) is 8.47. The average Bonchev–Trinajstić information content (AvgIpc) is 2.64. The van der Waals surface area contributed by atoms with Crippen molar-refractivity contribution in [1.29, 1.82) is 0 Å². The molecule has 1 heterocycles. The third-order valence-electron chi connectivity index (χ3n) is 3.88. The Bertz CT molecular complexity index is 806. The Morgan fingerprint density at radius 2 is 1.78 bits per heavy atom. The highest BCUT2D eigenvalue weighted by Gasteiger charge is 2.37. The van der Waals surface area contributed by atoms with Gasteiger partial charge in [-0.3, -0.25) is 4.79 Å². The van der Waals surface area contributed by atoms with Crippen LogP contribution in [0.1, 0.15) is 28.4 Å². The summed E-state index contributed by atoms with van der Waals surface area (Å²) in [6, 6.07) is 5.74. The van der Waals surface area contributed by atoms with Crippen LogP contribution >= 0.6 is 11.6 Å². The zero-order valence-electron chi connectivity index (χ0n) is 14.9. The fourth-order valence-corrected chi connectivity index (χ4v) is 2.78. The van der Waals surface area contributed by atoms with Gasteiger partial charge in [-0.2, -0.15) is 13.2 Å². The molecule has 9 heteroatoms. The van der Waals surface area contributed by atoms with Crippen molar-refractivity contribution in [1.82, 2.24) is 9.88 Å². The number of halogens is 4. The zero-order chi connectivity index (χ0) is 20.2. The van der Waals surface area contributed by atoms with Crippen LogP contribution in [-0.4, -0.2) is 36.6 Å². The lowest BCUT2D eigenvalue weighted by atomic mass is 10.1. The fraction of sp³-hybridized carbons (Fsp3) is 0.333. The van der Waals surface area contributed by atoms with Crippen molar-refractivity contribution in [2.75, 3.05) is 20.8 Å². The lowest BCUT2D eigenvalue weighted by molar-refractivity contribution is -0.138. The van der Waals surface area contributed by atoms with Gasteiger partial charge in [0.1, 0.15) is 16.7 Å². The van der Waals surface area contributed by atoms with Gasteiger partial charge in [0.25, 0.3) is 5.91 Å². The predicted octanol–water partition coefficient (Wildman–Crippen LogP) is 4.43. The van der Waals surface area contributed by atoms with E-state index >= 15 is 0 Å². The number of benzene rings is 1. The van der Waals surface area contributed by atoms with E-state index in [4.69, 9.17) is 21.1 Å². The lowest BCUT2D eigenvalue weighted by Crippen LogP contribution is -2.32. The maximum Gasteiger partial charge on any atom is 0.417 e. The molecule has 0 spiro atoms. The van der Waals surface area contributed by atoms with E-state index in [0.29, 0.717) is 17.1 Å². The molecule has 27 heavy (non-hydrogen) atoms. The molecular formula is C18H18ClF3N2O3. The number of amides is 1. The number of rotatable bonds is 6. The lowest BCUT2D eigenvalue weighted by Gasteiger charge is -2.23. The Kier molecular flexibility index (Phi) is 6.54. The zero-order valence-corrected chi connectivity index (χ0v) is 15.7. The predicted molar refractivity (Wildman–Crippen MR) is 94.2 cm³/mol. The molecule has 0 aliphatic rings. The summed E-state index contributed by atoms with van der Waals surface area (Å²) in [5.74, 6) is 0.149. The number of ether oxygens (including phenoxy) is 2. The summed E-state index contributed by atoms with van der Waals surface area (Å²) in [6.45, 7) is 1.87. The molecule has 2 aromatic rings. The van der Waals surface area contributed by atoms with Crippen LogP contribution in [0.4, 0.5) is 13.2 Å². The Morgan fingerprint density at radius 1 is 1.19 bits per heavy atom. The molecular weight excluding hydrogens is 385 g/mol. The molecule has 0 radical (unpaired) electrons. The molecule has 0 aliphatic carbocycles. The number of carbonyl (C=O) groups is 1. The first-order chi connectivity index (χ1) is 12.7. The third-order valence-corrected chi connectivity index (χ3v) is 4.16. The molecule has 0 aliphatic heterocycles. The maximum atomic E-state index is 13.3. The molecule has 0 N–H and O–H groups in total. The summed E-state index contributed by atoms with van der Waals surface area (Å²) in [4.78, 5) is 17.7. The summed E-state index contributed by atoms with van der Waals surface area (Å²) in [7, 11) is 2.96. The van der Waals surface area contributed by atoms with E-state index in [9.17, 15) is 18.0 Å². The minimum absolute atomic E-state index is 0.0470. The number of hydrogen-bond donors (Lipinski definition) is 0. The van der Waals surface area contributed by atoms with E-state index in [1.54, 1.807) is 25.1 Å². The van der Waals surface area contributed by atoms with Crippen LogP contribution in [0.15, 0.2) is 30.5 Å². The molecule has 0 saturated carbocycles. The first kappa shape index (κ1) is 20.8. The van der Waals surface area contributed by atoms with E-state index in [1.165, 1.54) is 19.1 Å². The molecule has 5 nitrogen and oxygen atoms in total. The van der Waals surface area contributed by atoms with Crippen molar-refractivity contribution >= 4 is 17.5 Å². The van der Waals surface area contributed by atoms with Gasteiger partial charge in [0.2, 0.25) is 0 Å². The van der Waals surface area contributed by atoms with E-state index < -0.39 is 28.4 Å². The first-order valence-corrected chi connectivity index (χ1v) is 8.32. The largest absolute Gasteiger partial charge is 0.497 e. The van der Waals surface area contributed by atoms with Gasteiger partial charge in [-0.05, 0) is 30.7 Å². The molecule has 0 unspecified atom stereocenters. The van der Waals surface area contributed by atoms with Gasteiger partial charge in [0.15, 0.2) is 0 Å². The summed E-state index contributed by atoms with van der Waals surface area (Å²) >= 11 is 5.83. The van der Waals surface area contributed by atoms with E-state index in [0.717, 1.165) is 12.3 Å². The minimum Gasteiger partial charge on any atom is -0.497 e. The molecule has 0 bridgehead atoms. The van der Waals surface area contributed by atoms with Gasteiger partial charge in [-0.15, -0.1) is 0 Å². The molecule has 2 rings (SSSR count). The Balaban J connectivity index is 2.41. The minimum atomic E-state index is -4.73. The molecule has 146 valence electrons. The van der Waals surface area contributed by atoms with Gasteiger partial charge in [0, 0.05) is 25.4 Å². The fourth-order valence-electron chi connectivity index (χ4n) is 2.54. The van der Waals surface area contributed by atoms with Crippen LogP contribution in [0.5, 0.6) is 11.5 Å². The summed E-state index contributed by atoms with van der Waals surface area (Å²) in [5.41, 5.74) is -1.15. The first-order valence-electron chi connectivity index (χ1n) is 7.94. The Hall–Kier alpha value is -2.48. The van der Waals surface area contributed by atoms with Crippen LogP contribution in [0.25, 0.3) is 0 Å². The molecule has 1 aromatic heterocycles. The van der Waals surface area contributed by atoms with E-state index in [-0.39, 0.29) is 13.1 Å². The summed E-state index contributed by atoms with van der Waals surface area (Å²) in [6.07, 6.45) is -3.80. The SMILES string of the molecule is CCN(Cc1cc(OC)cc(OC)c1)C(=O)c1c(C(F)(F)F)ccnc1Cl. The second-order valence-electron chi connectivity index (χ2n) is 5.56. The van der Waals surface area contributed by atoms with Crippen molar-refractivity contribution < 1.29 is 27.4 Å². The molecule has 0 fully saturated rings. The van der Waals surface area contributed by atoms with Crippen molar-refractivity contribution in [3.8, 4) is 11.5 Å². The topological polar surface area (TPSA) is 51.7 Å². The van der Waals surface area contributed by atoms with Crippen LogP contribution in [0.2, 0.25) is 5.15 Å². The van der Waals surface area contributed by atoms with Crippen LogP contribution in [0.3, 0.4) is 0 Å². The van der Waals surface area contributed by atoms with Crippen LogP contribution in [0, 0.1) is 0 Å². The van der Waals surface area contributed by atoms with Crippen LogP contribution < -0.4 is 9.47 Å². The van der Waals surface area contributed by atoms with Gasteiger partial charge in [0.05, 0.1) is 25.3 Å². The van der Waals surface area contributed by atoms with Crippen molar-refractivity contribution in [2.45, 2.75) is 19.6 Å². The number of hydrogen-bond acceptors (Lipinski definition) is 4. The van der Waals surface area contributed by atoms with Gasteiger partial charge >= 0.3 is 6.18 Å². The smallest absolute Gasteiger partial charge is 0.417 e. The quantitative estimate of drug-likeness (QED) is 0.670.